The van der Waals surface area contributed by atoms with Gasteiger partial charge in [-0.2, -0.15) is 0 Å². The first-order chi connectivity index (χ1) is 11.1. The third kappa shape index (κ3) is 2.65. The molecule has 128 valence electrons. The Bertz CT molecular complexity index is 502. The van der Waals surface area contributed by atoms with E-state index in [4.69, 9.17) is 0 Å². The van der Waals surface area contributed by atoms with E-state index in [-0.39, 0.29) is 23.7 Å². The number of alkyl halides is 1. The molecule has 3 saturated heterocycles. The number of amides is 2. The van der Waals surface area contributed by atoms with Gasteiger partial charge in [-0.1, -0.05) is 0 Å². The molecule has 3 heterocycles. The minimum atomic E-state index is -1.63. The fourth-order valence-electron chi connectivity index (χ4n) is 4.56. The standard InChI is InChI=1S/C17H26FN3O2/c18-17(4-3-5-17)16(23)21-11-13-10-20(15(22)14(13)12-21)9-8-19-6-1-2-7-19/h13-14H,1-12H2/t13-,14+/m1/s1. The number of halogens is 1. The lowest BCUT2D eigenvalue weighted by atomic mass is 9.81. The lowest BCUT2D eigenvalue weighted by Gasteiger charge is -2.36. The molecule has 23 heavy (non-hydrogen) atoms. The van der Waals surface area contributed by atoms with Gasteiger partial charge in [0, 0.05) is 38.6 Å². The van der Waals surface area contributed by atoms with Crippen LogP contribution in [0.15, 0.2) is 0 Å². The molecule has 4 aliphatic rings. The van der Waals surface area contributed by atoms with Crippen LogP contribution in [0.3, 0.4) is 0 Å². The van der Waals surface area contributed by atoms with Gasteiger partial charge in [0.15, 0.2) is 5.67 Å². The van der Waals surface area contributed by atoms with Crippen LogP contribution >= 0.6 is 0 Å². The van der Waals surface area contributed by atoms with Crippen LogP contribution in [0.25, 0.3) is 0 Å². The van der Waals surface area contributed by atoms with Crippen molar-refractivity contribution in [3.63, 3.8) is 0 Å². The van der Waals surface area contributed by atoms with Gasteiger partial charge in [-0.15, -0.1) is 0 Å². The maximum atomic E-state index is 14.3. The number of nitrogens with zero attached hydrogens (tertiary/aromatic N) is 3. The van der Waals surface area contributed by atoms with E-state index in [9.17, 15) is 14.0 Å². The Morgan fingerprint density at radius 1 is 1.09 bits per heavy atom. The van der Waals surface area contributed by atoms with E-state index in [0.717, 1.165) is 39.1 Å². The Kier molecular flexibility index (Phi) is 3.82. The van der Waals surface area contributed by atoms with Gasteiger partial charge in [-0.3, -0.25) is 9.59 Å². The van der Waals surface area contributed by atoms with Crippen LogP contribution in [-0.4, -0.2) is 78.0 Å². The Morgan fingerprint density at radius 3 is 2.43 bits per heavy atom. The molecule has 0 unspecified atom stereocenters. The first kappa shape index (κ1) is 15.4. The van der Waals surface area contributed by atoms with Crippen molar-refractivity contribution >= 4 is 11.8 Å². The summed E-state index contributed by atoms with van der Waals surface area (Å²) in [7, 11) is 0. The highest BCUT2D eigenvalue weighted by Gasteiger charge is 2.53. The molecule has 0 radical (unpaired) electrons. The molecule has 2 atom stereocenters. The number of carbonyl (C=O) groups excluding carboxylic acids is 2. The molecule has 4 fully saturated rings. The first-order valence-electron chi connectivity index (χ1n) is 9.06. The second kappa shape index (κ2) is 5.72. The van der Waals surface area contributed by atoms with Crippen LogP contribution in [0, 0.1) is 11.8 Å². The molecule has 0 spiro atoms. The summed E-state index contributed by atoms with van der Waals surface area (Å²) >= 11 is 0. The molecule has 0 N–H and O–H groups in total. The van der Waals surface area contributed by atoms with Gasteiger partial charge in [0.05, 0.1) is 5.92 Å². The first-order valence-corrected chi connectivity index (χ1v) is 9.06. The van der Waals surface area contributed by atoms with Crippen molar-refractivity contribution < 1.29 is 14.0 Å². The lowest BCUT2D eigenvalue weighted by molar-refractivity contribution is -0.149. The quantitative estimate of drug-likeness (QED) is 0.772. The third-order valence-electron chi connectivity index (χ3n) is 6.23. The summed E-state index contributed by atoms with van der Waals surface area (Å²) in [5, 5.41) is 0. The summed E-state index contributed by atoms with van der Waals surface area (Å²) in [6.07, 6.45) is 4.04. The van der Waals surface area contributed by atoms with E-state index in [1.165, 1.54) is 12.8 Å². The summed E-state index contributed by atoms with van der Waals surface area (Å²) < 4.78 is 14.3. The molecular formula is C17H26FN3O2. The SMILES string of the molecule is O=C1[C@H]2CN(C(=O)C3(F)CCC3)C[C@H]2CN1CCN1CCCC1. The van der Waals surface area contributed by atoms with Crippen LogP contribution < -0.4 is 0 Å². The van der Waals surface area contributed by atoms with Crippen LogP contribution in [0.2, 0.25) is 0 Å². The zero-order valence-electron chi connectivity index (χ0n) is 13.7. The van der Waals surface area contributed by atoms with Crippen molar-refractivity contribution in [2.45, 2.75) is 37.8 Å². The van der Waals surface area contributed by atoms with Gasteiger partial charge < -0.3 is 14.7 Å². The van der Waals surface area contributed by atoms with Gasteiger partial charge in [-0.25, -0.2) is 4.39 Å². The fourth-order valence-corrected chi connectivity index (χ4v) is 4.56. The summed E-state index contributed by atoms with van der Waals surface area (Å²) in [6.45, 7) is 5.77. The van der Waals surface area contributed by atoms with Gasteiger partial charge in [0.2, 0.25) is 5.91 Å². The maximum absolute atomic E-state index is 14.3. The molecule has 4 rings (SSSR count). The molecule has 0 bridgehead atoms. The highest BCUT2D eigenvalue weighted by atomic mass is 19.1. The Morgan fingerprint density at radius 2 is 1.83 bits per heavy atom. The predicted molar refractivity (Wildman–Crippen MR) is 83.5 cm³/mol. The van der Waals surface area contributed by atoms with Gasteiger partial charge >= 0.3 is 0 Å². The summed E-state index contributed by atoms with van der Waals surface area (Å²) in [5.41, 5.74) is -1.63. The molecule has 2 amide bonds. The summed E-state index contributed by atoms with van der Waals surface area (Å²) in [6, 6.07) is 0. The van der Waals surface area contributed by atoms with Crippen molar-refractivity contribution in [2.24, 2.45) is 11.8 Å². The van der Waals surface area contributed by atoms with Crippen molar-refractivity contribution in [3.05, 3.63) is 0 Å². The largest absolute Gasteiger partial charge is 0.341 e. The smallest absolute Gasteiger partial charge is 0.260 e. The predicted octanol–water partition coefficient (Wildman–Crippen LogP) is 0.891. The Balaban J connectivity index is 1.31. The minimum Gasteiger partial charge on any atom is -0.341 e. The molecule has 0 aromatic carbocycles. The van der Waals surface area contributed by atoms with Crippen molar-refractivity contribution in [1.29, 1.82) is 0 Å². The van der Waals surface area contributed by atoms with Crippen LogP contribution in [0.4, 0.5) is 4.39 Å². The second-order valence-electron chi connectivity index (χ2n) is 7.73. The molecule has 0 aromatic rings. The van der Waals surface area contributed by atoms with Crippen LogP contribution in [0.1, 0.15) is 32.1 Å². The van der Waals surface area contributed by atoms with Gasteiger partial charge in [0.1, 0.15) is 0 Å². The average Bonchev–Trinajstić information content (AvgIpc) is 3.21. The number of fused-ring (bicyclic) bond motifs is 1. The molecule has 6 heteroatoms. The third-order valence-corrected chi connectivity index (χ3v) is 6.23. The van der Waals surface area contributed by atoms with Gasteiger partial charge in [0.25, 0.3) is 5.91 Å². The lowest BCUT2D eigenvalue weighted by Crippen LogP contribution is -2.50. The molecular weight excluding hydrogens is 297 g/mol. The van der Waals surface area contributed by atoms with Crippen LogP contribution in [0.5, 0.6) is 0 Å². The zero-order valence-corrected chi connectivity index (χ0v) is 13.7. The number of carbonyl (C=O) groups is 2. The highest BCUT2D eigenvalue weighted by Crippen LogP contribution is 2.40. The van der Waals surface area contributed by atoms with Crippen molar-refractivity contribution in [1.82, 2.24) is 14.7 Å². The van der Waals surface area contributed by atoms with Crippen molar-refractivity contribution in [3.8, 4) is 0 Å². The highest BCUT2D eigenvalue weighted by molar-refractivity contribution is 5.88. The maximum Gasteiger partial charge on any atom is 0.260 e. The second-order valence-corrected chi connectivity index (χ2v) is 7.73. The summed E-state index contributed by atoms with van der Waals surface area (Å²) in [4.78, 5) is 30.9. The topological polar surface area (TPSA) is 43.9 Å². The normalized spacial score (nSPS) is 33.2. The molecule has 1 aliphatic carbocycles. The van der Waals surface area contributed by atoms with E-state index in [1.807, 2.05) is 4.90 Å². The van der Waals surface area contributed by atoms with E-state index < -0.39 is 5.67 Å². The number of hydrogen-bond acceptors (Lipinski definition) is 3. The fraction of sp³-hybridized carbons (Fsp3) is 0.882. The molecule has 5 nitrogen and oxygen atoms in total. The zero-order chi connectivity index (χ0) is 16.0. The van der Waals surface area contributed by atoms with E-state index >= 15 is 0 Å². The van der Waals surface area contributed by atoms with E-state index in [1.54, 1.807) is 4.90 Å². The van der Waals surface area contributed by atoms with Crippen LogP contribution in [-0.2, 0) is 9.59 Å². The monoisotopic (exact) mass is 323 g/mol. The number of likely N-dealkylation sites (tertiary alicyclic amines) is 3. The Hall–Kier alpha value is -1.17. The Labute approximate surface area is 136 Å². The van der Waals surface area contributed by atoms with Gasteiger partial charge in [-0.05, 0) is 45.2 Å². The van der Waals surface area contributed by atoms with E-state index in [2.05, 4.69) is 4.90 Å². The molecule has 3 aliphatic heterocycles. The van der Waals surface area contributed by atoms with Crippen molar-refractivity contribution in [2.75, 3.05) is 45.8 Å². The van der Waals surface area contributed by atoms with E-state index in [0.29, 0.717) is 25.9 Å². The number of hydrogen-bond donors (Lipinski definition) is 0. The number of rotatable bonds is 4. The molecule has 1 saturated carbocycles. The minimum absolute atomic E-state index is 0.0961. The summed E-state index contributed by atoms with van der Waals surface area (Å²) in [5.74, 6) is -0.0875. The average molecular weight is 323 g/mol. The molecule has 0 aromatic heterocycles.